The predicted octanol–water partition coefficient (Wildman–Crippen LogP) is 1.16. The largest absolute Gasteiger partial charge is 0.391 e. The number of aromatic nitrogens is 3. The minimum Gasteiger partial charge on any atom is -0.391 e. The van der Waals surface area contributed by atoms with Crippen LogP contribution in [0.2, 0.25) is 0 Å². The van der Waals surface area contributed by atoms with Crippen LogP contribution in [-0.4, -0.2) is 38.2 Å². The fourth-order valence-electron chi connectivity index (χ4n) is 1.84. The van der Waals surface area contributed by atoms with Crippen molar-refractivity contribution in [3.63, 3.8) is 0 Å². The van der Waals surface area contributed by atoms with E-state index in [4.69, 9.17) is 0 Å². The Morgan fingerprint density at radius 2 is 2.35 bits per heavy atom. The zero-order valence-corrected chi connectivity index (χ0v) is 11.4. The topological polar surface area (TPSA) is 80.0 Å². The third kappa shape index (κ3) is 3.64. The second-order valence-corrected chi connectivity index (χ2v) is 4.53. The molecule has 0 radical (unpaired) electrons. The molecule has 0 saturated carbocycles. The second-order valence-electron chi connectivity index (χ2n) is 4.53. The van der Waals surface area contributed by atoms with Crippen LogP contribution in [0.3, 0.4) is 0 Å². The molecule has 0 aliphatic rings. The van der Waals surface area contributed by atoms with Crippen LogP contribution in [0.5, 0.6) is 0 Å². The van der Waals surface area contributed by atoms with Gasteiger partial charge in [-0.2, -0.15) is 0 Å². The van der Waals surface area contributed by atoms with E-state index in [1.165, 1.54) is 0 Å². The summed E-state index contributed by atoms with van der Waals surface area (Å²) in [5.74, 6) is 0.410. The van der Waals surface area contributed by atoms with Crippen LogP contribution in [0, 0.1) is 0 Å². The highest BCUT2D eigenvalue weighted by molar-refractivity contribution is 5.94. The van der Waals surface area contributed by atoms with E-state index in [-0.39, 0.29) is 12.5 Å². The molecule has 2 aromatic rings. The highest BCUT2D eigenvalue weighted by atomic mass is 16.3. The van der Waals surface area contributed by atoms with E-state index < -0.39 is 6.10 Å². The molecule has 2 N–H and O–H groups in total. The lowest BCUT2D eigenvalue weighted by molar-refractivity contribution is 0.0910. The number of carbonyl (C=O) groups excluding carboxylic acids is 1. The average molecular weight is 274 g/mol. The maximum atomic E-state index is 12.0. The van der Waals surface area contributed by atoms with Crippen LogP contribution in [0.15, 0.2) is 37.1 Å². The molecule has 1 unspecified atom stereocenters. The van der Waals surface area contributed by atoms with Crippen LogP contribution < -0.4 is 5.32 Å². The summed E-state index contributed by atoms with van der Waals surface area (Å²) in [6.07, 6.45) is 7.67. The second kappa shape index (κ2) is 6.81. The number of rotatable bonds is 6. The van der Waals surface area contributed by atoms with Crippen molar-refractivity contribution < 1.29 is 9.90 Å². The number of nitrogens with zero attached hydrogens (tertiary/aromatic N) is 3. The molecule has 106 valence electrons. The first kappa shape index (κ1) is 14.2. The molecule has 6 heteroatoms. The number of nitrogens with one attached hydrogen (secondary N) is 1. The van der Waals surface area contributed by atoms with Crippen LogP contribution in [0.25, 0.3) is 5.82 Å². The summed E-state index contributed by atoms with van der Waals surface area (Å²) in [6.45, 7) is 2.25. The van der Waals surface area contributed by atoms with E-state index in [0.29, 0.717) is 17.8 Å². The van der Waals surface area contributed by atoms with Crippen LogP contribution >= 0.6 is 0 Å². The molecule has 0 saturated heterocycles. The quantitative estimate of drug-likeness (QED) is 0.828. The highest BCUT2D eigenvalue weighted by Crippen LogP contribution is 2.07. The Kier molecular flexibility index (Phi) is 4.84. The van der Waals surface area contributed by atoms with Crippen molar-refractivity contribution in [2.75, 3.05) is 6.54 Å². The Morgan fingerprint density at radius 3 is 3.05 bits per heavy atom. The van der Waals surface area contributed by atoms with Gasteiger partial charge in [0.15, 0.2) is 0 Å². The van der Waals surface area contributed by atoms with Gasteiger partial charge in [0.2, 0.25) is 0 Å². The van der Waals surface area contributed by atoms with Gasteiger partial charge in [0.25, 0.3) is 5.91 Å². The van der Waals surface area contributed by atoms with E-state index in [2.05, 4.69) is 15.3 Å². The van der Waals surface area contributed by atoms with Gasteiger partial charge >= 0.3 is 0 Å². The minimum atomic E-state index is -0.501. The summed E-state index contributed by atoms with van der Waals surface area (Å²) < 4.78 is 1.72. The zero-order valence-electron chi connectivity index (χ0n) is 11.4. The Bertz CT molecular complexity index is 554. The lowest BCUT2D eigenvalue weighted by Crippen LogP contribution is -2.32. The summed E-state index contributed by atoms with van der Waals surface area (Å²) in [5.41, 5.74) is 0.507. The van der Waals surface area contributed by atoms with E-state index in [1.807, 2.05) is 6.92 Å². The fraction of sp³-hybridized carbons (Fsp3) is 0.357. The summed E-state index contributed by atoms with van der Waals surface area (Å²) in [5, 5.41) is 12.3. The van der Waals surface area contributed by atoms with Gasteiger partial charge in [-0.3, -0.25) is 9.36 Å². The normalized spacial score (nSPS) is 12.1. The van der Waals surface area contributed by atoms with Gasteiger partial charge < -0.3 is 10.4 Å². The van der Waals surface area contributed by atoms with Crippen molar-refractivity contribution in [3.8, 4) is 5.82 Å². The molecule has 2 rings (SSSR count). The first-order valence-electron chi connectivity index (χ1n) is 6.61. The van der Waals surface area contributed by atoms with Crippen LogP contribution in [-0.2, 0) is 0 Å². The molecule has 2 heterocycles. The summed E-state index contributed by atoms with van der Waals surface area (Å²) >= 11 is 0. The number of amides is 1. The van der Waals surface area contributed by atoms with Crippen LogP contribution in [0.1, 0.15) is 30.1 Å². The third-order valence-electron chi connectivity index (χ3n) is 2.90. The molecule has 1 amide bonds. The monoisotopic (exact) mass is 274 g/mol. The van der Waals surface area contributed by atoms with E-state index >= 15 is 0 Å². The molecular formula is C14H18N4O2. The molecule has 0 spiro atoms. The van der Waals surface area contributed by atoms with Gasteiger partial charge in [0.05, 0.1) is 6.10 Å². The number of aliphatic hydroxyl groups excluding tert-OH is 1. The van der Waals surface area contributed by atoms with Gasteiger partial charge in [-0.25, -0.2) is 9.97 Å². The molecule has 2 aromatic heterocycles. The van der Waals surface area contributed by atoms with E-state index in [1.54, 1.807) is 41.6 Å². The van der Waals surface area contributed by atoms with Crippen molar-refractivity contribution in [3.05, 3.63) is 42.6 Å². The molecule has 0 aliphatic heterocycles. The van der Waals surface area contributed by atoms with Crippen molar-refractivity contribution in [1.82, 2.24) is 19.9 Å². The number of hydrogen-bond donors (Lipinski definition) is 2. The summed E-state index contributed by atoms with van der Waals surface area (Å²) in [4.78, 5) is 20.1. The van der Waals surface area contributed by atoms with Gasteiger partial charge in [-0.15, -0.1) is 0 Å². The van der Waals surface area contributed by atoms with Gasteiger partial charge in [-0.1, -0.05) is 13.3 Å². The Labute approximate surface area is 117 Å². The van der Waals surface area contributed by atoms with Crippen molar-refractivity contribution >= 4 is 5.91 Å². The van der Waals surface area contributed by atoms with Crippen molar-refractivity contribution in [1.29, 1.82) is 0 Å². The van der Waals surface area contributed by atoms with Crippen molar-refractivity contribution in [2.45, 2.75) is 25.9 Å². The van der Waals surface area contributed by atoms with Gasteiger partial charge in [-0.05, 0) is 18.6 Å². The number of pyridine rings is 1. The molecule has 1 atom stereocenters. The minimum absolute atomic E-state index is 0.219. The number of hydrogen-bond acceptors (Lipinski definition) is 4. The SMILES string of the molecule is CCCC(O)CNC(=O)c1ccnc(-n2ccnc2)c1. The molecule has 0 aliphatic carbocycles. The Morgan fingerprint density at radius 1 is 1.50 bits per heavy atom. The first-order valence-corrected chi connectivity index (χ1v) is 6.61. The molecule has 0 bridgehead atoms. The third-order valence-corrected chi connectivity index (χ3v) is 2.90. The number of imidazole rings is 1. The first-order chi connectivity index (χ1) is 9.70. The molecular weight excluding hydrogens is 256 g/mol. The Hall–Kier alpha value is -2.21. The lowest BCUT2D eigenvalue weighted by atomic mass is 10.2. The molecule has 20 heavy (non-hydrogen) atoms. The zero-order chi connectivity index (χ0) is 14.4. The number of carbonyl (C=O) groups is 1. The summed E-state index contributed by atoms with van der Waals surface area (Å²) in [6, 6.07) is 3.32. The van der Waals surface area contributed by atoms with E-state index in [0.717, 1.165) is 6.42 Å². The predicted molar refractivity (Wildman–Crippen MR) is 74.6 cm³/mol. The van der Waals surface area contributed by atoms with Crippen LogP contribution in [0.4, 0.5) is 0 Å². The standard InChI is InChI=1S/C14H18N4O2/c1-2-3-12(19)9-17-14(20)11-4-5-16-13(8-11)18-7-6-15-10-18/h4-8,10,12,19H,2-3,9H2,1H3,(H,17,20). The van der Waals surface area contributed by atoms with E-state index in [9.17, 15) is 9.90 Å². The summed E-state index contributed by atoms with van der Waals surface area (Å²) in [7, 11) is 0. The van der Waals surface area contributed by atoms with Gasteiger partial charge in [0.1, 0.15) is 12.1 Å². The highest BCUT2D eigenvalue weighted by Gasteiger charge is 2.09. The molecule has 0 aromatic carbocycles. The van der Waals surface area contributed by atoms with Crippen molar-refractivity contribution in [2.24, 2.45) is 0 Å². The average Bonchev–Trinajstić information content (AvgIpc) is 2.99. The Balaban J connectivity index is 2.02. The molecule has 6 nitrogen and oxygen atoms in total. The lowest BCUT2D eigenvalue weighted by Gasteiger charge is -2.11. The maximum absolute atomic E-state index is 12.0. The maximum Gasteiger partial charge on any atom is 0.251 e. The fourth-order valence-corrected chi connectivity index (χ4v) is 1.84. The van der Waals surface area contributed by atoms with Gasteiger partial charge in [0, 0.05) is 30.7 Å². The smallest absolute Gasteiger partial charge is 0.251 e. The molecule has 0 fully saturated rings. The number of aliphatic hydroxyl groups is 1.